The lowest BCUT2D eigenvalue weighted by Gasteiger charge is -2.35. The highest BCUT2D eigenvalue weighted by Crippen LogP contribution is 2.21. The summed E-state index contributed by atoms with van der Waals surface area (Å²) in [7, 11) is -1.89. The van der Waals surface area contributed by atoms with Crippen LogP contribution in [0, 0.1) is 0 Å². The Kier molecular flexibility index (Phi) is 9.97. The first kappa shape index (κ1) is 24.9. The number of sulfonamides is 1. The van der Waals surface area contributed by atoms with Crippen molar-refractivity contribution in [2.24, 2.45) is 4.99 Å². The van der Waals surface area contributed by atoms with Gasteiger partial charge in [0.25, 0.3) is 0 Å². The zero-order valence-corrected chi connectivity index (χ0v) is 18.6. The van der Waals surface area contributed by atoms with E-state index in [0.29, 0.717) is 50.8 Å². The number of nitrogens with one attached hydrogen (secondary N) is 1. The Bertz CT molecular complexity index is 705. The minimum atomic E-state index is -4.13. The minimum absolute atomic E-state index is 0. The molecule has 1 N–H and O–H groups in total. The maximum Gasteiger partial charge on any atom is 0.389 e. The average molecular weight is 539 g/mol. The predicted molar refractivity (Wildman–Crippen MR) is 109 cm³/mol. The molecule has 0 bridgehead atoms. The summed E-state index contributed by atoms with van der Waals surface area (Å²) >= 11 is 0. The number of halogens is 4. The van der Waals surface area contributed by atoms with Gasteiger partial charge in [-0.05, 0) is 12.8 Å². The van der Waals surface area contributed by atoms with Crippen LogP contribution in [0.25, 0.3) is 0 Å². The van der Waals surface area contributed by atoms with Gasteiger partial charge in [0.1, 0.15) is 12.0 Å². The quantitative estimate of drug-likeness (QED) is 0.247. The zero-order chi connectivity index (χ0) is 19.9. The van der Waals surface area contributed by atoms with E-state index in [4.69, 9.17) is 0 Å². The Morgan fingerprint density at radius 1 is 1.29 bits per heavy atom. The van der Waals surface area contributed by atoms with Crippen LogP contribution in [0.1, 0.15) is 25.0 Å². The first-order valence-corrected chi connectivity index (χ1v) is 10.2. The zero-order valence-electron chi connectivity index (χ0n) is 15.5. The molecule has 0 aromatic carbocycles. The molecule has 0 spiro atoms. The standard InChI is InChI=1S/C15H24F3N5O3S.HI/c1-19-14(20-6-3-2-5-15(16,17)18)22-7-9-23(10-8-22)27(24,25)12-13-4-11-26-21-13;/h4,11H,2-3,5-10,12H2,1H3,(H,19,20);1H. The van der Waals surface area contributed by atoms with Crippen molar-refractivity contribution in [3.8, 4) is 0 Å². The Balaban J connectivity index is 0.00000392. The second-order valence-electron chi connectivity index (χ2n) is 6.18. The number of aliphatic imine (C=N–C) groups is 1. The molecule has 28 heavy (non-hydrogen) atoms. The van der Waals surface area contributed by atoms with E-state index in [1.807, 2.05) is 4.90 Å². The number of hydrogen-bond acceptors (Lipinski definition) is 5. The number of nitrogens with zero attached hydrogens (tertiary/aromatic N) is 4. The Morgan fingerprint density at radius 2 is 1.96 bits per heavy atom. The number of rotatable bonds is 7. The fourth-order valence-corrected chi connectivity index (χ4v) is 4.18. The van der Waals surface area contributed by atoms with Crippen molar-refractivity contribution in [1.82, 2.24) is 19.7 Å². The van der Waals surface area contributed by atoms with Crippen LogP contribution in [0.15, 0.2) is 21.8 Å². The van der Waals surface area contributed by atoms with Crippen molar-refractivity contribution in [2.45, 2.75) is 31.2 Å². The Labute approximate surface area is 179 Å². The molecule has 1 aromatic rings. The lowest BCUT2D eigenvalue weighted by Crippen LogP contribution is -2.54. The highest BCUT2D eigenvalue weighted by molar-refractivity contribution is 14.0. The summed E-state index contributed by atoms with van der Waals surface area (Å²) in [6, 6.07) is 1.51. The summed E-state index contributed by atoms with van der Waals surface area (Å²) in [4.78, 5) is 6.02. The van der Waals surface area contributed by atoms with Gasteiger partial charge in [0.15, 0.2) is 5.96 Å². The van der Waals surface area contributed by atoms with Crippen LogP contribution in [0.3, 0.4) is 0 Å². The summed E-state index contributed by atoms with van der Waals surface area (Å²) < 4.78 is 67.3. The fourth-order valence-electron chi connectivity index (χ4n) is 2.75. The molecule has 1 aliphatic rings. The molecule has 1 saturated heterocycles. The summed E-state index contributed by atoms with van der Waals surface area (Å²) in [6.45, 7) is 1.87. The molecule has 0 amide bonds. The second kappa shape index (κ2) is 11.2. The number of unbranched alkanes of at least 4 members (excludes halogenated alkanes) is 1. The topological polar surface area (TPSA) is 91.0 Å². The lowest BCUT2D eigenvalue weighted by molar-refractivity contribution is -0.135. The number of piperazine rings is 1. The first-order chi connectivity index (χ1) is 12.7. The molecule has 1 fully saturated rings. The third-order valence-electron chi connectivity index (χ3n) is 4.14. The predicted octanol–water partition coefficient (Wildman–Crippen LogP) is 2.05. The van der Waals surface area contributed by atoms with E-state index in [1.54, 1.807) is 7.05 Å². The van der Waals surface area contributed by atoms with E-state index in [1.165, 1.54) is 16.6 Å². The van der Waals surface area contributed by atoms with E-state index < -0.39 is 22.6 Å². The molecule has 13 heteroatoms. The molecule has 0 unspecified atom stereocenters. The van der Waals surface area contributed by atoms with Gasteiger partial charge in [-0.2, -0.15) is 17.5 Å². The molecule has 1 aliphatic heterocycles. The molecular weight excluding hydrogens is 514 g/mol. The van der Waals surface area contributed by atoms with Crippen LogP contribution in [0.5, 0.6) is 0 Å². The van der Waals surface area contributed by atoms with Gasteiger partial charge >= 0.3 is 6.18 Å². The number of guanidine groups is 1. The highest BCUT2D eigenvalue weighted by atomic mass is 127. The molecular formula is C15H25F3IN5O3S. The second-order valence-corrected chi connectivity index (χ2v) is 8.15. The maximum atomic E-state index is 12.4. The molecule has 0 aliphatic carbocycles. The van der Waals surface area contributed by atoms with Crippen LogP contribution in [-0.2, 0) is 15.8 Å². The number of hydrogen-bond donors (Lipinski definition) is 1. The van der Waals surface area contributed by atoms with Crippen LogP contribution in [-0.4, -0.2) is 74.7 Å². The molecule has 2 heterocycles. The molecule has 1 aromatic heterocycles. The fraction of sp³-hybridized carbons (Fsp3) is 0.733. The Hall–Kier alpha value is -1.09. The minimum Gasteiger partial charge on any atom is -0.364 e. The van der Waals surface area contributed by atoms with Gasteiger partial charge in [0.2, 0.25) is 10.0 Å². The monoisotopic (exact) mass is 539 g/mol. The third-order valence-corrected chi connectivity index (χ3v) is 5.95. The van der Waals surface area contributed by atoms with Crippen LogP contribution in [0.2, 0.25) is 0 Å². The smallest absolute Gasteiger partial charge is 0.364 e. The number of aromatic nitrogens is 1. The van der Waals surface area contributed by atoms with Crippen LogP contribution >= 0.6 is 24.0 Å². The average Bonchev–Trinajstić information content (AvgIpc) is 3.09. The van der Waals surface area contributed by atoms with Gasteiger partial charge in [0.05, 0.1) is 5.69 Å². The van der Waals surface area contributed by atoms with Gasteiger partial charge in [-0.25, -0.2) is 8.42 Å². The van der Waals surface area contributed by atoms with Crippen molar-refractivity contribution < 1.29 is 26.1 Å². The van der Waals surface area contributed by atoms with Crippen molar-refractivity contribution in [3.05, 3.63) is 18.0 Å². The summed E-state index contributed by atoms with van der Waals surface area (Å²) in [5.41, 5.74) is 0.355. The summed E-state index contributed by atoms with van der Waals surface area (Å²) in [5.74, 6) is 0.353. The Morgan fingerprint density at radius 3 is 2.50 bits per heavy atom. The van der Waals surface area contributed by atoms with E-state index in [0.717, 1.165) is 0 Å². The lowest BCUT2D eigenvalue weighted by atomic mass is 10.2. The van der Waals surface area contributed by atoms with E-state index in [-0.39, 0.29) is 36.2 Å². The van der Waals surface area contributed by atoms with Crippen LogP contribution in [0.4, 0.5) is 13.2 Å². The molecule has 0 saturated carbocycles. The maximum absolute atomic E-state index is 12.4. The van der Waals surface area contributed by atoms with Gasteiger partial charge < -0.3 is 14.7 Å². The van der Waals surface area contributed by atoms with E-state index in [9.17, 15) is 21.6 Å². The molecule has 0 radical (unpaired) electrons. The SMILES string of the molecule is CN=C(NCCCCC(F)(F)F)N1CCN(S(=O)(=O)Cc2ccon2)CC1.I. The van der Waals surface area contributed by atoms with Crippen molar-refractivity contribution >= 4 is 40.0 Å². The van der Waals surface area contributed by atoms with Crippen LogP contribution < -0.4 is 5.32 Å². The highest BCUT2D eigenvalue weighted by Gasteiger charge is 2.29. The molecule has 8 nitrogen and oxygen atoms in total. The van der Waals surface area contributed by atoms with E-state index >= 15 is 0 Å². The largest absolute Gasteiger partial charge is 0.389 e. The van der Waals surface area contributed by atoms with Gasteiger partial charge in [-0.1, -0.05) is 5.16 Å². The van der Waals surface area contributed by atoms with Crippen molar-refractivity contribution in [3.63, 3.8) is 0 Å². The van der Waals surface area contributed by atoms with Gasteiger partial charge in [0, 0.05) is 52.3 Å². The first-order valence-electron chi connectivity index (χ1n) is 8.61. The molecule has 0 atom stereocenters. The summed E-state index contributed by atoms with van der Waals surface area (Å²) in [5, 5.41) is 6.66. The third kappa shape index (κ3) is 8.11. The molecule has 2 rings (SSSR count). The van der Waals surface area contributed by atoms with Crippen molar-refractivity contribution in [2.75, 3.05) is 39.8 Å². The normalized spacial score (nSPS) is 16.7. The molecule has 162 valence electrons. The van der Waals surface area contributed by atoms with Crippen molar-refractivity contribution in [1.29, 1.82) is 0 Å². The van der Waals surface area contributed by atoms with E-state index in [2.05, 4.69) is 20.0 Å². The number of alkyl halides is 3. The van der Waals surface area contributed by atoms with Gasteiger partial charge in [-0.15, -0.1) is 24.0 Å². The van der Waals surface area contributed by atoms with Gasteiger partial charge in [-0.3, -0.25) is 4.99 Å². The summed E-state index contributed by atoms with van der Waals surface area (Å²) in [6.07, 6.45) is -3.16.